The molecule has 0 radical (unpaired) electrons. The van der Waals surface area contributed by atoms with E-state index in [1.54, 1.807) is 32.1 Å². The number of hydrogen-bond donors (Lipinski definition) is 2. The van der Waals surface area contributed by atoms with Gasteiger partial charge in [-0.15, -0.1) is 0 Å². The third-order valence-electron chi connectivity index (χ3n) is 6.78. The van der Waals surface area contributed by atoms with Crippen LogP contribution < -0.4 is 0 Å². The zero-order chi connectivity index (χ0) is 18.5. The molecule has 1 aliphatic heterocycles. The van der Waals surface area contributed by atoms with Crippen molar-refractivity contribution in [1.29, 1.82) is 0 Å². The average molecular weight is 348 g/mol. The maximum atomic E-state index is 12.7. The Hall–Kier alpha value is -1.46. The van der Waals surface area contributed by atoms with E-state index in [1.165, 1.54) is 0 Å². The minimum atomic E-state index is -0.946. The van der Waals surface area contributed by atoms with E-state index >= 15 is 0 Å². The Morgan fingerprint density at radius 2 is 2.04 bits per heavy atom. The standard InChI is InChI=1S/C20H28O5/c1-18(2,24)8-4-5-13(11-21)14-6-9-19(3)16(22)7-10-20(19)15(14)12-25-17(20)23/h4-5,8,11,14-16,22,24H,6-7,9-10,12H2,1-3H3/b8-4+,13-5+/t14-,15-,16-,19+,20+/m1/s1. The zero-order valence-electron chi connectivity index (χ0n) is 15.2. The molecule has 3 rings (SSSR count). The van der Waals surface area contributed by atoms with Crippen molar-refractivity contribution < 1.29 is 24.5 Å². The monoisotopic (exact) mass is 348 g/mol. The predicted molar refractivity (Wildman–Crippen MR) is 92.5 cm³/mol. The molecule has 1 spiro atoms. The quantitative estimate of drug-likeness (QED) is 0.352. The van der Waals surface area contributed by atoms with Crippen molar-refractivity contribution in [1.82, 2.24) is 0 Å². The molecule has 2 saturated carbocycles. The minimum absolute atomic E-state index is 0.0613. The molecule has 0 aromatic carbocycles. The van der Waals surface area contributed by atoms with E-state index in [0.717, 1.165) is 12.7 Å². The highest BCUT2D eigenvalue weighted by Gasteiger charge is 2.71. The summed E-state index contributed by atoms with van der Waals surface area (Å²) in [6.07, 6.45) is 8.09. The summed E-state index contributed by atoms with van der Waals surface area (Å²) in [5.74, 6) is -0.352. The lowest BCUT2D eigenvalue weighted by Crippen LogP contribution is -2.53. The van der Waals surface area contributed by atoms with Gasteiger partial charge in [-0.3, -0.25) is 9.59 Å². The summed E-state index contributed by atoms with van der Waals surface area (Å²) < 4.78 is 5.45. The lowest BCUT2D eigenvalue weighted by atomic mass is 9.50. The van der Waals surface area contributed by atoms with Crippen LogP contribution in [-0.2, 0) is 14.3 Å². The maximum absolute atomic E-state index is 12.7. The van der Waals surface area contributed by atoms with Crippen LogP contribution in [0, 0.1) is 22.7 Å². The summed E-state index contributed by atoms with van der Waals surface area (Å²) in [6.45, 7) is 5.65. The van der Waals surface area contributed by atoms with Crippen LogP contribution in [0.2, 0.25) is 0 Å². The van der Waals surface area contributed by atoms with Crippen LogP contribution in [0.3, 0.4) is 0 Å². The molecule has 0 bridgehead atoms. The normalized spacial score (nSPS) is 41.6. The second kappa shape index (κ2) is 6.06. The summed E-state index contributed by atoms with van der Waals surface area (Å²) in [6, 6.07) is 0. The van der Waals surface area contributed by atoms with Crippen LogP contribution in [0.15, 0.2) is 23.8 Å². The number of carbonyl (C=O) groups excluding carboxylic acids is 2. The van der Waals surface area contributed by atoms with Gasteiger partial charge in [0.15, 0.2) is 0 Å². The number of hydrogen-bond acceptors (Lipinski definition) is 5. The molecule has 5 nitrogen and oxygen atoms in total. The van der Waals surface area contributed by atoms with Gasteiger partial charge in [-0.05, 0) is 51.0 Å². The Kier molecular flexibility index (Phi) is 4.44. The first-order valence-corrected chi connectivity index (χ1v) is 9.08. The van der Waals surface area contributed by atoms with Crippen LogP contribution in [0.1, 0.15) is 46.5 Å². The first-order chi connectivity index (χ1) is 11.7. The highest BCUT2D eigenvalue weighted by Crippen LogP contribution is 2.67. The fourth-order valence-corrected chi connectivity index (χ4v) is 5.35. The van der Waals surface area contributed by atoms with Gasteiger partial charge < -0.3 is 14.9 Å². The summed E-state index contributed by atoms with van der Waals surface area (Å²) in [4.78, 5) is 24.4. The van der Waals surface area contributed by atoms with Crippen LogP contribution >= 0.6 is 0 Å². The van der Waals surface area contributed by atoms with Crippen molar-refractivity contribution in [3.63, 3.8) is 0 Å². The predicted octanol–water partition coefficient (Wildman–Crippen LogP) is 2.17. The van der Waals surface area contributed by atoms with Crippen LogP contribution in [-0.4, -0.2) is 40.8 Å². The van der Waals surface area contributed by atoms with Crippen molar-refractivity contribution in [3.8, 4) is 0 Å². The zero-order valence-corrected chi connectivity index (χ0v) is 15.2. The molecule has 2 N–H and O–H groups in total. The van der Waals surface area contributed by atoms with Gasteiger partial charge >= 0.3 is 5.97 Å². The fourth-order valence-electron chi connectivity index (χ4n) is 5.35. The van der Waals surface area contributed by atoms with Gasteiger partial charge in [-0.1, -0.05) is 25.2 Å². The van der Waals surface area contributed by atoms with E-state index in [9.17, 15) is 19.8 Å². The average Bonchev–Trinajstić information content (AvgIpc) is 3.01. The molecule has 3 aliphatic rings. The van der Waals surface area contributed by atoms with E-state index in [-0.39, 0.29) is 17.8 Å². The van der Waals surface area contributed by atoms with Gasteiger partial charge in [0.05, 0.1) is 23.7 Å². The summed E-state index contributed by atoms with van der Waals surface area (Å²) >= 11 is 0. The minimum Gasteiger partial charge on any atom is -0.465 e. The molecule has 5 atom stereocenters. The topological polar surface area (TPSA) is 83.8 Å². The smallest absolute Gasteiger partial charge is 0.313 e. The molecule has 0 amide bonds. The maximum Gasteiger partial charge on any atom is 0.313 e. The molecule has 0 aromatic heterocycles. The molecule has 0 unspecified atom stereocenters. The third kappa shape index (κ3) is 2.68. The number of rotatable bonds is 4. The summed E-state index contributed by atoms with van der Waals surface area (Å²) in [5, 5.41) is 20.3. The van der Waals surface area contributed by atoms with E-state index < -0.39 is 22.5 Å². The number of carbonyl (C=O) groups is 2. The molecule has 2 aliphatic carbocycles. The van der Waals surface area contributed by atoms with Crippen molar-refractivity contribution in [2.24, 2.45) is 22.7 Å². The molecule has 138 valence electrons. The van der Waals surface area contributed by atoms with Crippen LogP contribution in [0.4, 0.5) is 0 Å². The van der Waals surface area contributed by atoms with Gasteiger partial charge in [-0.2, -0.15) is 0 Å². The van der Waals surface area contributed by atoms with Gasteiger partial charge in [0.1, 0.15) is 6.29 Å². The van der Waals surface area contributed by atoms with E-state index in [2.05, 4.69) is 0 Å². The molecule has 1 heterocycles. The highest BCUT2D eigenvalue weighted by atomic mass is 16.5. The van der Waals surface area contributed by atoms with Gasteiger partial charge in [0, 0.05) is 11.3 Å². The molecular formula is C20H28O5. The van der Waals surface area contributed by atoms with Gasteiger partial charge in [0.2, 0.25) is 0 Å². The molecule has 1 saturated heterocycles. The Balaban J connectivity index is 1.95. The van der Waals surface area contributed by atoms with E-state index in [4.69, 9.17) is 4.74 Å². The van der Waals surface area contributed by atoms with Gasteiger partial charge in [0.25, 0.3) is 0 Å². The molecule has 0 aromatic rings. The number of aliphatic hydroxyl groups excluding tert-OH is 1. The molecule has 25 heavy (non-hydrogen) atoms. The third-order valence-corrected chi connectivity index (χ3v) is 6.78. The Morgan fingerprint density at radius 3 is 2.68 bits per heavy atom. The second-order valence-electron chi connectivity index (χ2n) is 8.59. The van der Waals surface area contributed by atoms with E-state index in [1.807, 2.05) is 6.92 Å². The van der Waals surface area contributed by atoms with Crippen molar-refractivity contribution in [3.05, 3.63) is 23.8 Å². The lowest BCUT2D eigenvalue weighted by molar-refractivity contribution is -0.159. The number of allylic oxidation sites excluding steroid dienone is 3. The van der Waals surface area contributed by atoms with E-state index in [0.29, 0.717) is 31.4 Å². The first kappa shape index (κ1) is 18.3. The lowest BCUT2D eigenvalue weighted by Gasteiger charge is -2.50. The number of esters is 1. The fraction of sp³-hybridized carbons (Fsp3) is 0.700. The number of ether oxygens (including phenoxy) is 1. The number of cyclic esters (lactones) is 1. The van der Waals surface area contributed by atoms with Crippen molar-refractivity contribution in [2.75, 3.05) is 6.61 Å². The van der Waals surface area contributed by atoms with Crippen LogP contribution in [0.5, 0.6) is 0 Å². The molecule has 3 fully saturated rings. The van der Waals surface area contributed by atoms with Gasteiger partial charge in [-0.25, -0.2) is 0 Å². The first-order valence-electron chi connectivity index (χ1n) is 9.08. The number of aldehydes is 1. The molecular weight excluding hydrogens is 320 g/mol. The SMILES string of the molecule is CC(C)(O)/C=C/C=C(\C=O)[C@H]1CC[C@@]2(C)[C@H](O)CC[C@]23C(=O)OC[C@H]13. The van der Waals surface area contributed by atoms with Crippen molar-refractivity contribution in [2.45, 2.75) is 58.2 Å². The Bertz CT molecular complexity index is 628. The van der Waals surface area contributed by atoms with Crippen molar-refractivity contribution >= 4 is 12.3 Å². The summed E-state index contributed by atoms with van der Waals surface area (Å²) in [5.41, 5.74) is -1.47. The summed E-state index contributed by atoms with van der Waals surface area (Å²) in [7, 11) is 0. The number of aliphatic hydroxyl groups is 2. The molecule has 5 heteroatoms. The largest absolute Gasteiger partial charge is 0.465 e. The second-order valence-corrected chi connectivity index (χ2v) is 8.59. The highest BCUT2D eigenvalue weighted by molar-refractivity contribution is 5.83. The Morgan fingerprint density at radius 1 is 1.32 bits per heavy atom. The Labute approximate surface area is 148 Å². The van der Waals surface area contributed by atoms with Crippen LogP contribution in [0.25, 0.3) is 0 Å².